The summed E-state index contributed by atoms with van der Waals surface area (Å²) < 4.78 is 29.9. The number of carbonyl (C=O) groups is 2. The Bertz CT molecular complexity index is 1060. The zero-order valence-corrected chi connectivity index (χ0v) is 14.2. The number of halogens is 1. The van der Waals surface area contributed by atoms with Crippen LogP contribution in [0, 0.1) is 5.82 Å². The molecular weight excluding hydrogens is 353 g/mol. The maximum atomic E-state index is 13.9. The maximum absolute atomic E-state index is 13.9. The number of nitrogens with one attached hydrogen (secondary N) is 1. The van der Waals surface area contributed by atoms with Gasteiger partial charge in [0, 0.05) is 11.6 Å². The molecule has 0 saturated heterocycles. The molecular formula is C20H14FNO5. The molecule has 7 heteroatoms. The normalized spacial score (nSPS) is 12.1. The summed E-state index contributed by atoms with van der Waals surface area (Å²) in [5.41, 5.74) is 0.818. The minimum atomic E-state index is -0.570. The molecule has 1 N–H and O–H groups in total. The highest BCUT2D eigenvalue weighted by atomic mass is 19.1. The second kappa shape index (κ2) is 6.60. The number of anilines is 1. The monoisotopic (exact) mass is 367 g/mol. The van der Waals surface area contributed by atoms with Crippen molar-refractivity contribution in [2.45, 2.75) is 6.92 Å². The molecule has 0 aliphatic carbocycles. The molecule has 0 atom stereocenters. The number of ether oxygens (including phenoxy) is 2. The Balaban J connectivity index is 1.62. The van der Waals surface area contributed by atoms with E-state index in [-0.39, 0.29) is 40.9 Å². The van der Waals surface area contributed by atoms with Crippen molar-refractivity contribution in [2.75, 3.05) is 12.1 Å². The van der Waals surface area contributed by atoms with Gasteiger partial charge in [-0.3, -0.25) is 9.59 Å². The first-order chi connectivity index (χ1) is 13.0. The van der Waals surface area contributed by atoms with Gasteiger partial charge in [0.05, 0.1) is 11.3 Å². The molecule has 0 saturated carbocycles. The van der Waals surface area contributed by atoms with Gasteiger partial charge >= 0.3 is 0 Å². The average Bonchev–Trinajstić information content (AvgIpc) is 3.30. The lowest BCUT2D eigenvalue weighted by Gasteiger charge is -2.09. The highest BCUT2D eigenvalue weighted by molar-refractivity contribution is 6.08. The third-order valence-electron chi connectivity index (χ3n) is 4.11. The van der Waals surface area contributed by atoms with E-state index in [9.17, 15) is 14.0 Å². The largest absolute Gasteiger partial charge is 0.454 e. The molecule has 2 aromatic carbocycles. The van der Waals surface area contributed by atoms with Gasteiger partial charge in [0.15, 0.2) is 23.0 Å². The highest BCUT2D eigenvalue weighted by Crippen LogP contribution is 2.37. The maximum Gasteiger partial charge on any atom is 0.291 e. The van der Waals surface area contributed by atoms with Crippen LogP contribution < -0.4 is 14.8 Å². The lowest BCUT2D eigenvalue weighted by atomic mass is 10.1. The van der Waals surface area contributed by atoms with Crippen molar-refractivity contribution in [1.82, 2.24) is 0 Å². The van der Waals surface area contributed by atoms with E-state index in [1.165, 1.54) is 37.3 Å². The number of benzene rings is 2. The van der Waals surface area contributed by atoms with Crippen molar-refractivity contribution < 1.29 is 27.9 Å². The summed E-state index contributed by atoms with van der Waals surface area (Å²) >= 11 is 0. The molecule has 27 heavy (non-hydrogen) atoms. The van der Waals surface area contributed by atoms with Crippen LogP contribution in [0.25, 0.3) is 11.3 Å². The molecule has 136 valence electrons. The fourth-order valence-corrected chi connectivity index (χ4v) is 2.79. The van der Waals surface area contributed by atoms with Crippen LogP contribution in [0.1, 0.15) is 27.8 Å². The molecule has 0 fully saturated rings. The van der Waals surface area contributed by atoms with Crippen molar-refractivity contribution in [2.24, 2.45) is 0 Å². The summed E-state index contributed by atoms with van der Waals surface area (Å²) in [4.78, 5) is 24.4. The van der Waals surface area contributed by atoms with E-state index in [0.717, 1.165) is 0 Å². The zero-order chi connectivity index (χ0) is 19.0. The first-order valence-electron chi connectivity index (χ1n) is 8.13. The second-order valence-corrected chi connectivity index (χ2v) is 5.91. The molecule has 6 nitrogen and oxygen atoms in total. The molecule has 2 heterocycles. The summed E-state index contributed by atoms with van der Waals surface area (Å²) in [6, 6.07) is 12.1. The number of ketones is 1. The van der Waals surface area contributed by atoms with Crippen LogP contribution in [-0.4, -0.2) is 18.5 Å². The molecule has 0 bridgehead atoms. The standard InChI is InChI=1S/C20H14FNO5/c1-11(23)13-8-18-19(26-10-25-18)9-15(13)22-20(24)17-7-6-16(27-17)12-4-2-3-5-14(12)21/h2-9H,10H2,1H3,(H,22,24). The molecule has 1 aliphatic heterocycles. The molecule has 4 rings (SSSR count). The van der Waals surface area contributed by atoms with Crippen molar-refractivity contribution in [1.29, 1.82) is 0 Å². The molecule has 1 aliphatic rings. The summed E-state index contributed by atoms with van der Waals surface area (Å²) in [5.74, 6) is -0.168. The number of hydrogen-bond acceptors (Lipinski definition) is 5. The first-order valence-corrected chi connectivity index (χ1v) is 8.13. The molecule has 3 aromatic rings. The number of carbonyl (C=O) groups excluding carboxylic acids is 2. The fraction of sp³-hybridized carbons (Fsp3) is 0.100. The Labute approximate surface area is 153 Å². The molecule has 1 aromatic heterocycles. The third kappa shape index (κ3) is 3.15. The molecule has 0 unspecified atom stereocenters. The summed E-state index contributed by atoms with van der Waals surface area (Å²) in [6.45, 7) is 1.44. The second-order valence-electron chi connectivity index (χ2n) is 5.91. The quantitative estimate of drug-likeness (QED) is 0.697. The van der Waals surface area contributed by atoms with Gasteiger partial charge in [-0.15, -0.1) is 0 Å². The van der Waals surface area contributed by atoms with E-state index in [1.54, 1.807) is 18.2 Å². The predicted octanol–water partition coefficient (Wildman–Crippen LogP) is 4.27. The van der Waals surface area contributed by atoms with Crippen molar-refractivity contribution >= 4 is 17.4 Å². The van der Waals surface area contributed by atoms with Crippen LogP contribution in [-0.2, 0) is 0 Å². The molecule has 0 spiro atoms. The average molecular weight is 367 g/mol. The number of Topliss-reactive ketones (excluding diaryl/α,β-unsaturated/α-hetero) is 1. The smallest absolute Gasteiger partial charge is 0.291 e. The number of rotatable bonds is 4. The van der Waals surface area contributed by atoms with Gasteiger partial charge < -0.3 is 19.2 Å². The van der Waals surface area contributed by atoms with Crippen LogP contribution in [0.4, 0.5) is 10.1 Å². The van der Waals surface area contributed by atoms with Gasteiger partial charge in [-0.2, -0.15) is 0 Å². The minimum absolute atomic E-state index is 0.0135. The van der Waals surface area contributed by atoms with Gasteiger partial charge in [-0.1, -0.05) is 12.1 Å². The fourth-order valence-electron chi connectivity index (χ4n) is 2.79. The van der Waals surface area contributed by atoms with E-state index in [4.69, 9.17) is 13.9 Å². The summed E-state index contributed by atoms with van der Waals surface area (Å²) in [5, 5.41) is 2.63. The predicted molar refractivity (Wildman–Crippen MR) is 94.6 cm³/mol. The van der Waals surface area contributed by atoms with Gasteiger partial charge in [-0.25, -0.2) is 4.39 Å². The molecule has 0 radical (unpaired) electrons. The Morgan fingerprint density at radius 3 is 2.52 bits per heavy atom. The lowest BCUT2D eigenvalue weighted by Crippen LogP contribution is -2.13. The first kappa shape index (κ1) is 16.8. The summed E-state index contributed by atoms with van der Waals surface area (Å²) in [6.07, 6.45) is 0. The van der Waals surface area contributed by atoms with Gasteiger partial charge in [0.2, 0.25) is 6.79 Å². The van der Waals surface area contributed by atoms with Crippen LogP contribution in [0.2, 0.25) is 0 Å². The van der Waals surface area contributed by atoms with E-state index >= 15 is 0 Å². The van der Waals surface area contributed by atoms with E-state index in [2.05, 4.69) is 5.32 Å². The van der Waals surface area contributed by atoms with Gasteiger partial charge in [0.1, 0.15) is 11.6 Å². The Kier molecular flexibility index (Phi) is 4.12. The zero-order valence-electron chi connectivity index (χ0n) is 14.2. The van der Waals surface area contributed by atoms with Crippen LogP contribution in [0.3, 0.4) is 0 Å². The van der Waals surface area contributed by atoms with E-state index < -0.39 is 11.7 Å². The highest BCUT2D eigenvalue weighted by Gasteiger charge is 2.22. The Morgan fingerprint density at radius 2 is 1.78 bits per heavy atom. The number of fused-ring (bicyclic) bond motifs is 1. The SMILES string of the molecule is CC(=O)c1cc2c(cc1NC(=O)c1ccc(-c3ccccc3F)o1)OCO2. The van der Waals surface area contributed by atoms with Crippen molar-refractivity contribution in [3.63, 3.8) is 0 Å². The Morgan fingerprint density at radius 1 is 1.04 bits per heavy atom. The lowest BCUT2D eigenvalue weighted by molar-refractivity contribution is 0.0997. The Hall–Kier alpha value is -3.61. The number of amides is 1. The number of furan rings is 1. The van der Waals surface area contributed by atoms with Gasteiger partial charge in [0.25, 0.3) is 5.91 Å². The minimum Gasteiger partial charge on any atom is -0.454 e. The topological polar surface area (TPSA) is 77.8 Å². The van der Waals surface area contributed by atoms with Crippen LogP contribution in [0.15, 0.2) is 52.9 Å². The van der Waals surface area contributed by atoms with Crippen molar-refractivity contribution in [3.8, 4) is 22.8 Å². The van der Waals surface area contributed by atoms with Crippen LogP contribution >= 0.6 is 0 Å². The van der Waals surface area contributed by atoms with E-state index in [1.807, 2.05) is 0 Å². The van der Waals surface area contributed by atoms with E-state index in [0.29, 0.717) is 11.5 Å². The van der Waals surface area contributed by atoms with Gasteiger partial charge in [-0.05, 0) is 37.3 Å². The summed E-state index contributed by atoms with van der Waals surface area (Å²) in [7, 11) is 0. The third-order valence-corrected chi connectivity index (χ3v) is 4.11. The van der Waals surface area contributed by atoms with Crippen molar-refractivity contribution in [3.05, 3.63) is 65.7 Å². The number of hydrogen-bond donors (Lipinski definition) is 1. The molecule has 1 amide bonds. The van der Waals surface area contributed by atoms with Crippen LogP contribution in [0.5, 0.6) is 11.5 Å².